The first-order chi connectivity index (χ1) is 14.0. The molecule has 0 saturated carbocycles. The Morgan fingerprint density at radius 3 is 2.86 bits per heavy atom. The van der Waals surface area contributed by atoms with Crippen molar-refractivity contribution in [3.05, 3.63) is 64.4 Å². The molecule has 3 aromatic rings. The van der Waals surface area contributed by atoms with Gasteiger partial charge in [0, 0.05) is 11.5 Å². The van der Waals surface area contributed by atoms with E-state index in [9.17, 15) is 9.59 Å². The Bertz CT molecular complexity index is 1060. The lowest BCUT2D eigenvalue weighted by Gasteiger charge is -2.20. The second-order valence-corrected chi connectivity index (χ2v) is 7.39. The van der Waals surface area contributed by atoms with Crippen LogP contribution in [0.25, 0.3) is 0 Å². The third-order valence-corrected chi connectivity index (χ3v) is 4.94. The number of fused-ring (bicyclic) bond motifs is 1. The summed E-state index contributed by atoms with van der Waals surface area (Å²) < 4.78 is 6.54. The molecule has 0 bridgehead atoms. The summed E-state index contributed by atoms with van der Waals surface area (Å²) in [7, 11) is 1.63. The highest BCUT2D eigenvalue weighted by molar-refractivity contribution is 9.10. The number of halogens is 1. The summed E-state index contributed by atoms with van der Waals surface area (Å²) >= 11 is 3.39. The molecule has 1 N–H and O–H groups in total. The zero-order valence-electron chi connectivity index (χ0n) is 15.4. The largest absolute Gasteiger partial charge is 0.489 e. The molecule has 0 aliphatic carbocycles. The van der Waals surface area contributed by atoms with Crippen LogP contribution in [0.4, 0.5) is 5.69 Å². The summed E-state index contributed by atoms with van der Waals surface area (Å²) in [6.45, 7) is 0.390. The first kappa shape index (κ1) is 19.1. The maximum absolute atomic E-state index is 12.8. The van der Waals surface area contributed by atoms with Crippen LogP contribution < -0.4 is 15.0 Å². The van der Waals surface area contributed by atoms with Crippen LogP contribution in [0.2, 0.25) is 0 Å². The number of rotatable bonds is 4. The number of hydrogen-bond acceptors (Lipinski definition) is 6. The average Bonchev–Trinajstić information content (AvgIpc) is 3.16. The van der Waals surface area contributed by atoms with Crippen LogP contribution in [0, 0.1) is 0 Å². The fraction of sp³-hybridized carbons (Fsp3) is 0.211. The minimum absolute atomic E-state index is 0.00168. The maximum Gasteiger partial charge on any atom is 0.293 e. The van der Waals surface area contributed by atoms with E-state index >= 15 is 0 Å². The Labute approximate surface area is 174 Å². The fourth-order valence-electron chi connectivity index (χ4n) is 2.95. The first-order valence-corrected chi connectivity index (χ1v) is 9.63. The van der Waals surface area contributed by atoms with Gasteiger partial charge in [0.25, 0.3) is 17.6 Å². The molecule has 1 atom stereocenters. The van der Waals surface area contributed by atoms with Crippen molar-refractivity contribution in [2.75, 3.05) is 18.6 Å². The van der Waals surface area contributed by atoms with Gasteiger partial charge in [-0.15, -0.1) is 10.2 Å². The van der Waals surface area contributed by atoms with Crippen LogP contribution in [0.5, 0.6) is 5.75 Å². The minimum atomic E-state index is -0.875. The Balaban J connectivity index is 1.45. The Morgan fingerprint density at radius 1 is 1.28 bits per heavy atom. The van der Waals surface area contributed by atoms with Crippen LogP contribution >= 0.6 is 15.9 Å². The standard InChI is InChI=1S/C19H17BrN6O3/c1-25-15-9-13(20)7-8-16(15)29-11-14(19(25)28)21-18(27)17-22-24-26(23-17)10-12-5-3-2-4-6-12/h2-9,14H,10-11H2,1H3,(H,21,27)/t14-/m0/s1. The Morgan fingerprint density at radius 2 is 2.07 bits per heavy atom. The average molecular weight is 457 g/mol. The van der Waals surface area contributed by atoms with Crippen molar-refractivity contribution in [2.45, 2.75) is 12.6 Å². The van der Waals surface area contributed by atoms with Gasteiger partial charge in [-0.1, -0.05) is 46.3 Å². The van der Waals surface area contributed by atoms with Crippen molar-refractivity contribution < 1.29 is 14.3 Å². The number of carbonyl (C=O) groups is 2. The zero-order chi connectivity index (χ0) is 20.4. The van der Waals surface area contributed by atoms with E-state index in [1.807, 2.05) is 36.4 Å². The van der Waals surface area contributed by atoms with Crippen LogP contribution in [-0.2, 0) is 11.3 Å². The summed E-state index contributed by atoms with van der Waals surface area (Å²) in [5, 5.41) is 14.4. The normalized spacial score (nSPS) is 16.0. The Hall–Kier alpha value is -3.27. The number of hydrogen-bond donors (Lipinski definition) is 1. The third kappa shape index (κ3) is 4.11. The molecule has 2 heterocycles. The van der Waals surface area contributed by atoms with Gasteiger partial charge >= 0.3 is 0 Å². The zero-order valence-corrected chi connectivity index (χ0v) is 17.0. The van der Waals surface area contributed by atoms with E-state index in [-0.39, 0.29) is 18.3 Å². The van der Waals surface area contributed by atoms with Gasteiger partial charge in [0.05, 0.1) is 12.2 Å². The predicted molar refractivity (Wildman–Crippen MR) is 108 cm³/mol. The SMILES string of the molecule is CN1C(=O)[C@@H](NC(=O)c2nnn(Cc3ccccc3)n2)COc2ccc(Br)cc21. The van der Waals surface area contributed by atoms with Crippen molar-refractivity contribution >= 4 is 33.4 Å². The molecule has 0 radical (unpaired) electrons. The first-order valence-electron chi connectivity index (χ1n) is 8.84. The van der Waals surface area contributed by atoms with Gasteiger partial charge in [-0.3, -0.25) is 9.59 Å². The second-order valence-electron chi connectivity index (χ2n) is 6.48. The van der Waals surface area contributed by atoms with Gasteiger partial charge in [0.15, 0.2) is 0 Å². The van der Waals surface area contributed by atoms with Crippen LogP contribution in [0.15, 0.2) is 53.0 Å². The van der Waals surface area contributed by atoms with E-state index in [0.29, 0.717) is 18.0 Å². The fourth-order valence-corrected chi connectivity index (χ4v) is 3.29. The Kier molecular flexibility index (Phi) is 5.26. The summed E-state index contributed by atoms with van der Waals surface area (Å²) in [5.74, 6) is -0.438. The van der Waals surface area contributed by atoms with Gasteiger partial charge in [0.2, 0.25) is 0 Å². The number of likely N-dealkylation sites (N-methyl/N-ethyl adjacent to an activating group) is 1. The number of benzene rings is 2. The molecule has 0 unspecified atom stereocenters. The smallest absolute Gasteiger partial charge is 0.293 e. The number of ether oxygens (including phenoxy) is 1. The van der Waals surface area contributed by atoms with Gasteiger partial charge < -0.3 is 15.0 Å². The van der Waals surface area contributed by atoms with Gasteiger partial charge in [0.1, 0.15) is 18.4 Å². The molecule has 9 nitrogen and oxygen atoms in total. The molecule has 0 saturated heterocycles. The number of tetrazole rings is 1. The maximum atomic E-state index is 12.8. The number of carbonyl (C=O) groups excluding carboxylic acids is 2. The highest BCUT2D eigenvalue weighted by atomic mass is 79.9. The molecule has 2 amide bonds. The van der Waals surface area contributed by atoms with Crippen LogP contribution in [0.3, 0.4) is 0 Å². The second kappa shape index (κ2) is 8.00. The molecule has 0 spiro atoms. The van der Waals surface area contributed by atoms with E-state index in [2.05, 4.69) is 36.7 Å². The monoisotopic (exact) mass is 456 g/mol. The third-order valence-electron chi connectivity index (χ3n) is 4.44. The quantitative estimate of drug-likeness (QED) is 0.639. The topological polar surface area (TPSA) is 102 Å². The van der Waals surface area contributed by atoms with Gasteiger partial charge in [-0.2, -0.15) is 4.80 Å². The molecule has 1 aliphatic rings. The molecule has 10 heteroatoms. The molecule has 4 rings (SSSR count). The van der Waals surface area contributed by atoms with Gasteiger partial charge in [-0.25, -0.2) is 0 Å². The summed E-state index contributed by atoms with van der Waals surface area (Å²) in [6, 6.07) is 14.1. The molecule has 148 valence electrons. The number of nitrogens with zero attached hydrogens (tertiary/aromatic N) is 5. The van der Waals surface area contributed by atoms with Crippen molar-refractivity contribution in [3.63, 3.8) is 0 Å². The lowest BCUT2D eigenvalue weighted by Crippen LogP contribution is -2.49. The number of amides is 2. The summed E-state index contributed by atoms with van der Waals surface area (Å²) in [4.78, 5) is 28.1. The van der Waals surface area contributed by atoms with Gasteiger partial charge in [-0.05, 0) is 29.0 Å². The highest BCUT2D eigenvalue weighted by Crippen LogP contribution is 2.33. The molecule has 0 fully saturated rings. The molecule has 2 aromatic carbocycles. The van der Waals surface area contributed by atoms with Crippen LogP contribution in [-0.4, -0.2) is 51.7 Å². The van der Waals surface area contributed by atoms with E-state index in [1.54, 1.807) is 19.2 Å². The number of aromatic nitrogens is 4. The van der Waals surface area contributed by atoms with E-state index in [4.69, 9.17) is 4.74 Å². The van der Waals surface area contributed by atoms with Crippen molar-refractivity contribution in [3.8, 4) is 5.75 Å². The summed E-state index contributed by atoms with van der Waals surface area (Å²) in [6.07, 6.45) is 0. The minimum Gasteiger partial charge on any atom is -0.489 e. The number of anilines is 1. The van der Waals surface area contributed by atoms with Crippen molar-refractivity contribution in [1.82, 2.24) is 25.5 Å². The molecular formula is C19H17BrN6O3. The van der Waals surface area contributed by atoms with E-state index in [1.165, 1.54) is 9.70 Å². The van der Waals surface area contributed by atoms with Crippen LogP contribution in [0.1, 0.15) is 16.2 Å². The highest BCUT2D eigenvalue weighted by Gasteiger charge is 2.31. The predicted octanol–water partition coefficient (Wildman–Crippen LogP) is 1.64. The van der Waals surface area contributed by atoms with Crippen molar-refractivity contribution in [1.29, 1.82) is 0 Å². The molecule has 29 heavy (non-hydrogen) atoms. The summed E-state index contributed by atoms with van der Waals surface area (Å²) in [5.41, 5.74) is 1.60. The van der Waals surface area contributed by atoms with E-state index < -0.39 is 11.9 Å². The van der Waals surface area contributed by atoms with Crippen molar-refractivity contribution in [2.24, 2.45) is 0 Å². The molecule has 1 aromatic heterocycles. The number of nitrogens with one attached hydrogen (secondary N) is 1. The molecule has 1 aliphatic heterocycles. The van der Waals surface area contributed by atoms with E-state index in [0.717, 1.165) is 10.0 Å². The lowest BCUT2D eigenvalue weighted by molar-refractivity contribution is -0.120. The molecular weight excluding hydrogens is 440 g/mol. The lowest BCUT2D eigenvalue weighted by atomic mass is 10.2.